The number of benzene rings is 1. The summed E-state index contributed by atoms with van der Waals surface area (Å²) in [7, 11) is 0. The molecule has 1 saturated heterocycles. The van der Waals surface area contributed by atoms with E-state index < -0.39 is 17.5 Å². The normalized spacial score (nSPS) is 18.2. The van der Waals surface area contributed by atoms with Gasteiger partial charge in [0.1, 0.15) is 5.75 Å². The van der Waals surface area contributed by atoms with Crippen LogP contribution in [0.3, 0.4) is 0 Å². The number of carbonyl (C=O) groups excluding carboxylic acids is 1. The van der Waals surface area contributed by atoms with Crippen LogP contribution in [0, 0.1) is 0 Å². The van der Waals surface area contributed by atoms with Crippen LogP contribution in [0.5, 0.6) is 5.75 Å². The van der Waals surface area contributed by atoms with Crippen molar-refractivity contribution in [1.29, 1.82) is 0 Å². The summed E-state index contributed by atoms with van der Waals surface area (Å²) in [4.78, 5) is 23.1. The summed E-state index contributed by atoms with van der Waals surface area (Å²) in [6.45, 7) is 5.10. The molecule has 0 saturated carbocycles. The smallest absolute Gasteiger partial charge is 0.347 e. The molecule has 1 fully saturated rings. The number of hydrazine groups is 1. The van der Waals surface area contributed by atoms with Gasteiger partial charge < -0.3 is 25.4 Å². The van der Waals surface area contributed by atoms with Gasteiger partial charge in [-0.1, -0.05) is 12.1 Å². The van der Waals surface area contributed by atoms with Gasteiger partial charge in [0.05, 0.1) is 25.4 Å². The Labute approximate surface area is 146 Å². The number of aliphatic hydroxyl groups is 2. The predicted octanol–water partition coefficient (Wildman–Crippen LogP) is -0.593. The fourth-order valence-corrected chi connectivity index (χ4v) is 1.92. The van der Waals surface area contributed by atoms with Gasteiger partial charge in [-0.15, -0.1) is 0 Å². The second-order valence-corrected chi connectivity index (χ2v) is 5.26. The summed E-state index contributed by atoms with van der Waals surface area (Å²) < 4.78 is 5.34. The molecule has 9 nitrogen and oxygen atoms in total. The second-order valence-electron chi connectivity index (χ2n) is 5.26. The molecule has 1 heterocycles. The van der Waals surface area contributed by atoms with Gasteiger partial charge in [-0.3, -0.25) is 4.79 Å². The number of hydrogen-bond donors (Lipinski definition) is 5. The van der Waals surface area contributed by atoms with Gasteiger partial charge >= 0.3 is 5.97 Å². The highest BCUT2D eigenvalue weighted by molar-refractivity contribution is 6.02. The van der Waals surface area contributed by atoms with Crippen LogP contribution in [0.2, 0.25) is 0 Å². The Hall–Kier alpha value is -2.20. The standard InChI is InChI=1S/C12H14N2O4.C4H11NO2/c1-3-18-9-7-5-4-6-8(9)10(15)14-12(2,13-14)11(16)17;6-3-1-5-2-4-7/h4-7,13H,3H2,1-2H3,(H,16,17);5-7H,1-4H2. The summed E-state index contributed by atoms with van der Waals surface area (Å²) in [5.74, 6) is -1.06. The van der Waals surface area contributed by atoms with Gasteiger partial charge in [-0.05, 0) is 26.0 Å². The van der Waals surface area contributed by atoms with Crippen molar-refractivity contribution >= 4 is 11.9 Å². The molecule has 1 aromatic carbocycles. The molecule has 1 atom stereocenters. The van der Waals surface area contributed by atoms with Gasteiger partial charge in [-0.2, -0.15) is 5.43 Å². The van der Waals surface area contributed by atoms with Crippen molar-refractivity contribution < 1.29 is 29.6 Å². The van der Waals surface area contributed by atoms with E-state index in [4.69, 9.17) is 20.1 Å². The van der Waals surface area contributed by atoms with Crippen LogP contribution in [0.4, 0.5) is 0 Å². The first-order valence-corrected chi connectivity index (χ1v) is 7.92. The van der Waals surface area contributed by atoms with Gasteiger partial charge in [-0.25, -0.2) is 9.80 Å². The van der Waals surface area contributed by atoms with Gasteiger partial charge in [0.2, 0.25) is 5.66 Å². The highest BCUT2D eigenvalue weighted by Crippen LogP contribution is 2.29. The molecular formula is C16H25N3O6. The molecule has 1 aromatic rings. The highest BCUT2D eigenvalue weighted by Gasteiger charge is 2.58. The quantitative estimate of drug-likeness (QED) is 0.308. The van der Waals surface area contributed by atoms with Crippen LogP contribution in [0.1, 0.15) is 24.2 Å². The molecule has 0 aliphatic carbocycles. The fourth-order valence-electron chi connectivity index (χ4n) is 1.92. The van der Waals surface area contributed by atoms with Gasteiger partial charge in [0, 0.05) is 13.1 Å². The van der Waals surface area contributed by atoms with Gasteiger partial charge in [0.25, 0.3) is 5.91 Å². The number of ether oxygens (including phenoxy) is 1. The van der Waals surface area contributed by atoms with Crippen molar-refractivity contribution in [3.63, 3.8) is 0 Å². The maximum Gasteiger partial charge on any atom is 0.347 e. The number of rotatable bonds is 8. The average molecular weight is 355 g/mol. The molecular weight excluding hydrogens is 330 g/mol. The molecule has 5 N–H and O–H groups in total. The lowest BCUT2D eigenvalue weighted by atomic mass is 10.1. The first kappa shape index (κ1) is 20.8. The van der Waals surface area contributed by atoms with Crippen molar-refractivity contribution in [2.45, 2.75) is 19.5 Å². The van der Waals surface area contributed by atoms with E-state index in [1.807, 2.05) is 6.92 Å². The minimum Gasteiger partial charge on any atom is -0.493 e. The molecule has 1 aliphatic rings. The minimum atomic E-state index is -1.32. The fraction of sp³-hybridized carbons (Fsp3) is 0.500. The molecule has 1 aliphatic heterocycles. The Kier molecular flexibility index (Phi) is 8.29. The van der Waals surface area contributed by atoms with E-state index in [1.165, 1.54) is 6.92 Å². The number of para-hydroxylation sites is 1. The third-order valence-corrected chi connectivity index (χ3v) is 3.34. The minimum absolute atomic E-state index is 0.139. The zero-order chi connectivity index (χ0) is 18.9. The Morgan fingerprint density at radius 1 is 1.24 bits per heavy atom. The number of amides is 1. The summed E-state index contributed by atoms with van der Waals surface area (Å²) in [6, 6.07) is 6.75. The topological polar surface area (TPSA) is 141 Å². The molecule has 1 unspecified atom stereocenters. The SMILES string of the molecule is CCOc1ccccc1C(=O)N1NC1(C)C(=O)O.OCCNCCO. The van der Waals surface area contributed by atoms with Crippen LogP contribution in [0.25, 0.3) is 0 Å². The van der Waals surface area contributed by atoms with Crippen LogP contribution in [-0.4, -0.2) is 70.8 Å². The summed E-state index contributed by atoms with van der Waals surface area (Å²) in [5, 5.41) is 29.1. The Balaban J connectivity index is 0.000000381. The van der Waals surface area contributed by atoms with E-state index in [9.17, 15) is 9.59 Å². The monoisotopic (exact) mass is 355 g/mol. The van der Waals surface area contributed by atoms with Crippen molar-refractivity contribution in [2.24, 2.45) is 0 Å². The Bertz CT molecular complexity index is 579. The van der Waals surface area contributed by atoms with E-state index in [2.05, 4.69) is 10.7 Å². The molecule has 140 valence electrons. The average Bonchev–Trinajstić information content (AvgIpc) is 3.30. The maximum atomic E-state index is 12.1. The lowest BCUT2D eigenvalue weighted by Crippen LogP contribution is -2.29. The van der Waals surface area contributed by atoms with E-state index in [0.29, 0.717) is 31.0 Å². The van der Waals surface area contributed by atoms with E-state index in [0.717, 1.165) is 5.01 Å². The predicted molar refractivity (Wildman–Crippen MR) is 90.0 cm³/mol. The van der Waals surface area contributed by atoms with Crippen LogP contribution in [-0.2, 0) is 4.79 Å². The van der Waals surface area contributed by atoms with Crippen molar-refractivity contribution in [1.82, 2.24) is 15.8 Å². The molecule has 9 heteroatoms. The zero-order valence-electron chi connectivity index (χ0n) is 14.4. The second kappa shape index (κ2) is 9.94. The Morgan fingerprint density at radius 2 is 1.84 bits per heavy atom. The molecule has 0 spiro atoms. The zero-order valence-corrected chi connectivity index (χ0v) is 14.4. The number of carbonyl (C=O) groups is 2. The number of nitrogens with one attached hydrogen (secondary N) is 2. The molecule has 25 heavy (non-hydrogen) atoms. The third kappa shape index (κ3) is 5.68. The van der Waals surface area contributed by atoms with Crippen molar-refractivity contribution in [3.05, 3.63) is 29.8 Å². The lowest BCUT2D eigenvalue weighted by molar-refractivity contribution is -0.140. The maximum absolute atomic E-state index is 12.1. The first-order valence-electron chi connectivity index (χ1n) is 7.92. The number of carboxylic acid groups (broad SMARTS) is 1. The molecule has 0 bridgehead atoms. The number of aliphatic hydroxyl groups excluding tert-OH is 2. The van der Waals surface area contributed by atoms with Crippen molar-refractivity contribution in [3.8, 4) is 5.75 Å². The van der Waals surface area contributed by atoms with Gasteiger partial charge in [0.15, 0.2) is 0 Å². The first-order chi connectivity index (χ1) is 11.9. The van der Waals surface area contributed by atoms with E-state index >= 15 is 0 Å². The third-order valence-electron chi connectivity index (χ3n) is 3.34. The number of hydrogen-bond acceptors (Lipinski definition) is 7. The molecule has 2 rings (SSSR count). The highest BCUT2D eigenvalue weighted by atomic mass is 16.5. The molecule has 0 radical (unpaired) electrons. The number of carboxylic acids is 1. The summed E-state index contributed by atoms with van der Waals surface area (Å²) in [5.41, 5.74) is 1.56. The largest absolute Gasteiger partial charge is 0.493 e. The number of nitrogens with zero attached hydrogens (tertiary/aromatic N) is 1. The van der Waals surface area contributed by atoms with Crippen LogP contribution < -0.4 is 15.5 Å². The summed E-state index contributed by atoms with van der Waals surface area (Å²) >= 11 is 0. The molecule has 0 aromatic heterocycles. The lowest BCUT2D eigenvalue weighted by Gasteiger charge is -2.10. The van der Waals surface area contributed by atoms with E-state index in [1.54, 1.807) is 24.3 Å². The molecule has 1 amide bonds. The van der Waals surface area contributed by atoms with E-state index in [-0.39, 0.29) is 13.2 Å². The Morgan fingerprint density at radius 3 is 2.32 bits per heavy atom. The van der Waals surface area contributed by atoms with Crippen LogP contribution in [0.15, 0.2) is 24.3 Å². The number of aliphatic carboxylic acids is 1. The van der Waals surface area contributed by atoms with Crippen molar-refractivity contribution in [2.75, 3.05) is 32.9 Å². The van der Waals surface area contributed by atoms with Crippen LogP contribution >= 0.6 is 0 Å². The summed E-state index contributed by atoms with van der Waals surface area (Å²) in [6.07, 6.45) is 0.